The lowest BCUT2D eigenvalue weighted by atomic mass is 10.1. The number of halogens is 1. The summed E-state index contributed by atoms with van der Waals surface area (Å²) in [6.07, 6.45) is 3.70. The molecule has 2 saturated heterocycles. The van der Waals surface area contributed by atoms with E-state index in [2.05, 4.69) is 10.2 Å². The van der Waals surface area contributed by atoms with Crippen molar-refractivity contribution < 1.29 is 9.53 Å². The van der Waals surface area contributed by atoms with Crippen LogP contribution < -0.4 is 5.32 Å². The van der Waals surface area contributed by atoms with Crippen LogP contribution in [0, 0.1) is 0 Å². The molecule has 0 aliphatic carbocycles. The van der Waals surface area contributed by atoms with E-state index in [4.69, 9.17) is 16.3 Å². The summed E-state index contributed by atoms with van der Waals surface area (Å²) in [5.41, 5.74) is 1.00. The minimum Gasteiger partial charge on any atom is -0.381 e. The number of hydrogen-bond donors (Lipinski definition) is 1. The molecule has 0 spiro atoms. The van der Waals surface area contributed by atoms with Crippen LogP contribution in [0.15, 0.2) is 24.3 Å². The van der Waals surface area contributed by atoms with E-state index in [0.717, 1.165) is 51.1 Å². The second-order valence-electron chi connectivity index (χ2n) is 6.19. The van der Waals surface area contributed by atoms with Gasteiger partial charge in [0.2, 0.25) is 5.91 Å². The van der Waals surface area contributed by atoms with Gasteiger partial charge in [0.05, 0.1) is 6.42 Å². The van der Waals surface area contributed by atoms with Crippen molar-refractivity contribution in [3.63, 3.8) is 0 Å². The highest BCUT2D eigenvalue weighted by atomic mass is 35.5. The molecule has 2 aliphatic rings. The first-order valence-electron chi connectivity index (χ1n) is 8.06. The van der Waals surface area contributed by atoms with Crippen molar-refractivity contribution in [1.82, 2.24) is 10.2 Å². The van der Waals surface area contributed by atoms with Crippen molar-refractivity contribution >= 4 is 17.5 Å². The molecule has 4 nitrogen and oxygen atoms in total. The summed E-state index contributed by atoms with van der Waals surface area (Å²) in [6.45, 7) is 3.79. The van der Waals surface area contributed by atoms with Gasteiger partial charge >= 0.3 is 0 Å². The number of nitrogens with zero attached hydrogens (tertiary/aromatic N) is 1. The van der Waals surface area contributed by atoms with E-state index in [1.165, 1.54) is 0 Å². The van der Waals surface area contributed by atoms with Gasteiger partial charge in [-0.3, -0.25) is 9.69 Å². The largest absolute Gasteiger partial charge is 0.381 e. The number of benzene rings is 1. The number of carbonyl (C=O) groups is 1. The zero-order valence-electron chi connectivity index (χ0n) is 12.8. The fourth-order valence-electron chi connectivity index (χ4n) is 3.35. The molecule has 2 aliphatic heterocycles. The molecular weight excluding hydrogens is 300 g/mol. The van der Waals surface area contributed by atoms with Gasteiger partial charge in [0, 0.05) is 43.4 Å². The Bertz CT molecular complexity index is 500. The van der Waals surface area contributed by atoms with E-state index in [9.17, 15) is 4.79 Å². The minimum absolute atomic E-state index is 0.0983. The Morgan fingerprint density at radius 1 is 1.23 bits per heavy atom. The Hall–Kier alpha value is -1.10. The van der Waals surface area contributed by atoms with Crippen molar-refractivity contribution in [2.24, 2.45) is 0 Å². The standard InChI is InChI=1S/C17H23ClN2O2/c18-14-3-1-13(2-4-14)11-17(21)19-15-5-8-20(12-15)16-6-9-22-10-7-16/h1-4,15-16H,5-12H2,(H,19,21)/t15-/m1/s1. The quantitative estimate of drug-likeness (QED) is 0.924. The molecule has 2 heterocycles. The van der Waals surface area contributed by atoms with Gasteiger partial charge in [0.15, 0.2) is 0 Å². The number of hydrogen-bond acceptors (Lipinski definition) is 3. The maximum absolute atomic E-state index is 12.2. The molecule has 1 N–H and O–H groups in total. The lowest BCUT2D eigenvalue weighted by molar-refractivity contribution is -0.121. The van der Waals surface area contributed by atoms with Crippen LogP contribution in [0.3, 0.4) is 0 Å². The van der Waals surface area contributed by atoms with E-state index in [1.807, 2.05) is 24.3 Å². The van der Waals surface area contributed by atoms with Gasteiger partial charge in [-0.25, -0.2) is 0 Å². The van der Waals surface area contributed by atoms with Crippen molar-refractivity contribution in [2.45, 2.75) is 37.8 Å². The van der Waals surface area contributed by atoms with Crippen LogP contribution in [0.5, 0.6) is 0 Å². The lowest BCUT2D eigenvalue weighted by Gasteiger charge is -2.31. The summed E-state index contributed by atoms with van der Waals surface area (Å²) in [5.74, 6) is 0.0983. The molecule has 0 unspecified atom stereocenters. The maximum atomic E-state index is 12.2. The fraction of sp³-hybridized carbons (Fsp3) is 0.588. The second-order valence-corrected chi connectivity index (χ2v) is 6.63. The number of likely N-dealkylation sites (tertiary alicyclic amines) is 1. The predicted octanol–water partition coefficient (Wildman–Crippen LogP) is 2.25. The molecule has 1 atom stereocenters. The van der Waals surface area contributed by atoms with Gasteiger partial charge in [-0.05, 0) is 37.0 Å². The Labute approximate surface area is 136 Å². The highest BCUT2D eigenvalue weighted by Gasteiger charge is 2.29. The van der Waals surface area contributed by atoms with E-state index in [1.54, 1.807) is 0 Å². The lowest BCUT2D eigenvalue weighted by Crippen LogP contribution is -2.42. The van der Waals surface area contributed by atoms with Crippen LogP contribution in [0.25, 0.3) is 0 Å². The smallest absolute Gasteiger partial charge is 0.224 e. The number of nitrogens with one attached hydrogen (secondary N) is 1. The third-order valence-corrected chi connectivity index (χ3v) is 4.82. The monoisotopic (exact) mass is 322 g/mol. The maximum Gasteiger partial charge on any atom is 0.224 e. The van der Waals surface area contributed by atoms with Crippen LogP contribution in [0.4, 0.5) is 0 Å². The molecule has 0 aromatic heterocycles. The van der Waals surface area contributed by atoms with E-state index < -0.39 is 0 Å². The Morgan fingerprint density at radius 3 is 2.68 bits per heavy atom. The zero-order chi connectivity index (χ0) is 15.4. The second kappa shape index (κ2) is 7.44. The zero-order valence-corrected chi connectivity index (χ0v) is 13.5. The summed E-state index contributed by atoms with van der Waals surface area (Å²) in [7, 11) is 0. The Balaban J connectivity index is 1.45. The molecular formula is C17H23ClN2O2. The summed E-state index contributed by atoms with van der Waals surface area (Å²) in [4.78, 5) is 14.7. The Morgan fingerprint density at radius 2 is 1.95 bits per heavy atom. The van der Waals surface area contributed by atoms with Gasteiger partial charge in [0.25, 0.3) is 0 Å². The normalized spacial score (nSPS) is 23.6. The minimum atomic E-state index is 0.0983. The highest BCUT2D eigenvalue weighted by Crippen LogP contribution is 2.20. The first-order chi connectivity index (χ1) is 10.7. The van der Waals surface area contributed by atoms with Crippen molar-refractivity contribution in [1.29, 1.82) is 0 Å². The predicted molar refractivity (Wildman–Crippen MR) is 87.1 cm³/mol. The fourth-order valence-corrected chi connectivity index (χ4v) is 3.48. The van der Waals surface area contributed by atoms with Gasteiger partial charge in [-0.1, -0.05) is 23.7 Å². The molecule has 1 aromatic carbocycles. The van der Waals surface area contributed by atoms with E-state index >= 15 is 0 Å². The van der Waals surface area contributed by atoms with Crippen LogP contribution >= 0.6 is 11.6 Å². The summed E-state index contributed by atoms with van der Waals surface area (Å²) >= 11 is 5.86. The average Bonchev–Trinajstić information content (AvgIpc) is 2.99. The molecule has 1 aromatic rings. The number of carbonyl (C=O) groups excluding carboxylic acids is 1. The molecule has 3 rings (SSSR count). The highest BCUT2D eigenvalue weighted by molar-refractivity contribution is 6.30. The van der Waals surface area contributed by atoms with Crippen LogP contribution in [0.2, 0.25) is 5.02 Å². The summed E-state index contributed by atoms with van der Waals surface area (Å²) in [5, 5.41) is 3.87. The topological polar surface area (TPSA) is 41.6 Å². The van der Waals surface area contributed by atoms with Gasteiger partial charge < -0.3 is 10.1 Å². The van der Waals surface area contributed by atoms with E-state index in [-0.39, 0.29) is 11.9 Å². The summed E-state index contributed by atoms with van der Waals surface area (Å²) < 4.78 is 5.42. The Kier molecular flexibility index (Phi) is 5.34. The van der Waals surface area contributed by atoms with Crippen LogP contribution in [-0.2, 0) is 16.0 Å². The molecule has 5 heteroatoms. The number of amides is 1. The van der Waals surface area contributed by atoms with Crippen molar-refractivity contribution in [2.75, 3.05) is 26.3 Å². The molecule has 22 heavy (non-hydrogen) atoms. The molecule has 120 valence electrons. The number of rotatable bonds is 4. The molecule has 1 amide bonds. The molecule has 0 saturated carbocycles. The molecule has 0 bridgehead atoms. The van der Waals surface area contributed by atoms with Gasteiger partial charge in [0.1, 0.15) is 0 Å². The van der Waals surface area contributed by atoms with Crippen LogP contribution in [-0.4, -0.2) is 49.2 Å². The number of ether oxygens (including phenoxy) is 1. The first-order valence-corrected chi connectivity index (χ1v) is 8.44. The van der Waals surface area contributed by atoms with Gasteiger partial charge in [-0.15, -0.1) is 0 Å². The third-order valence-electron chi connectivity index (χ3n) is 4.57. The van der Waals surface area contributed by atoms with Crippen LogP contribution in [0.1, 0.15) is 24.8 Å². The molecule has 2 fully saturated rings. The SMILES string of the molecule is O=C(Cc1ccc(Cl)cc1)N[C@@H]1CCN(C2CCOCC2)C1. The average molecular weight is 323 g/mol. The van der Waals surface area contributed by atoms with E-state index in [0.29, 0.717) is 17.5 Å². The van der Waals surface area contributed by atoms with Gasteiger partial charge in [-0.2, -0.15) is 0 Å². The van der Waals surface area contributed by atoms with Crippen molar-refractivity contribution in [3.8, 4) is 0 Å². The molecule has 0 radical (unpaired) electrons. The van der Waals surface area contributed by atoms with Crippen molar-refractivity contribution in [3.05, 3.63) is 34.9 Å². The third kappa shape index (κ3) is 4.22. The first kappa shape index (κ1) is 15.8. The summed E-state index contributed by atoms with van der Waals surface area (Å²) in [6, 6.07) is 8.38.